The Balaban J connectivity index is 2.19. The van der Waals surface area contributed by atoms with Crippen LogP contribution in [0.25, 0.3) is 0 Å². The molecule has 0 aliphatic carbocycles. The maximum absolute atomic E-state index is 12.3. The van der Waals surface area contributed by atoms with Crippen LogP contribution < -0.4 is 0 Å². The van der Waals surface area contributed by atoms with Crippen molar-refractivity contribution in [2.24, 2.45) is 5.92 Å². The minimum Gasteiger partial charge on any atom is -0.508 e. The molecular weight excluding hydrogens is 290 g/mol. The summed E-state index contributed by atoms with van der Waals surface area (Å²) in [6, 6.07) is 2.85. The number of aromatic hydroxyl groups is 2. The number of nitrogens with zero attached hydrogens (tertiary/aromatic N) is 1. The Kier molecular flexibility index (Phi) is 4.46. The number of phenolic OH excluding ortho intramolecular Hbond substituents is 2. The van der Waals surface area contributed by atoms with Gasteiger partial charge in [-0.05, 0) is 25.0 Å². The number of hydrogen-bond donors (Lipinski definition) is 3. The van der Waals surface area contributed by atoms with Crippen molar-refractivity contribution in [3.05, 3.63) is 23.8 Å². The molecule has 7 heteroatoms. The van der Waals surface area contributed by atoms with Gasteiger partial charge in [0, 0.05) is 12.5 Å². The van der Waals surface area contributed by atoms with Gasteiger partial charge in [-0.25, -0.2) is 0 Å². The molecule has 2 unspecified atom stereocenters. The van der Waals surface area contributed by atoms with Crippen LogP contribution in [0.15, 0.2) is 18.2 Å². The molecule has 1 saturated heterocycles. The molecule has 2 rings (SSSR count). The Labute approximate surface area is 126 Å². The van der Waals surface area contributed by atoms with Crippen molar-refractivity contribution in [3.63, 3.8) is 0 Å². The zero-order chi connectivity index (χ0) is 16.4. The second-order valence-electron chi connectivity index (χ2n) is 5.33. The molecule has 1 aliphatic heterocycles. The number of ketones is 1. The first-order valence-corrected chi connectivity index (χ1v) is 6.83. The number of carbonyl (C=O) groups excluding carboxylic acids is 3. The molecule has 3 N–H and O–H groups in total. The number of likely N-dealkylation sites (tertiary alicyclic amines) is 1. The number of phenols is 2. The monoisotopic (exact) mass is 307 g/mol. The van der Waals surface area contributed by atoms with Crippen molar-refractivity contribution in [2.45, 2.75) is 25.8 Å². The van der Waals surface area contributed by atoms with Gasteiger partial charge >= 0.3 is 0 Å². The average molecular weight is 307 g/mol. The number of imide groups is 1. The Morgan fingerprint density at radius 3 is 2.59 bits per heavy atom. The molecule has 22 heavy (non-hydrogen) atoms. The van der Waals surface area contributed by atoms with E-state index in [0.29, 0.717) is 5.56 Å². The van der Waals surface area contributed by atoms with Crippen molar-refractivity contribution in [3.8, 4) is 11.5 Å². The van der Waals surface area contributed by atoms with Gasteiger partial charge in [-0.2, -0.15) is 0 Å². The highest BCUT2D eigenvalue weighted by Crippen LogP contribution is 2.30. The van der Waals surface area contributed by atoms with Crippen LogP contribution in [-0.4, -0.2) is 50.5 Å². The molecule has 0 radical (unpaired) electrons. The van der Waals surface area contributed by atoms with Gasteiger partial charge in [0.1, 0.15) is 17.5 Å². The quantitative estimate of drug-likeness (QED) is 0.658. The highest BCUT2D eigenvalue weighted by atomic mass is 16.3. The fourth-order valence-corrected chi connectivity index (χ4v) is 2.59. The molecule has 0 bridgehead atoms. The number of amides is 2. The minimum atomic E-state index is -1.15. The first kappa shape index (κ1) is 16.0. The molecule has 0 aromatic heterocycles. The topological polar surface area (TPSA) is 115 Å². The van der Waals surface area contributed by atoms with E-state index in [2.05, 4.69) is 0 Å². The molecule has 1 aromatic carbocycles. The van der Waals surface area contributed by atoms with Crippen LogP contribution in [0.5, 0.6) is 11.5 Å². The summed E-state index contributed by atoms with van der Waals surface area (Å²) in [6.07, 6.45) is 0.0339. The van der Waals surface area contributed by atoms with Gasteiger partial charge in [-0.3, -0.25) is 19.3 Å². The van der Waals surface area contributed by atoms with Crippen molar-refractivity contribution < 1.29 is 29.7 Å². The largest absolute Gasteiger partial charge is 0.508 e. The summed E-state index contributed by atoms with van der Waals surface area (Å²) in [6.45, 7) is 0.602. The third kappa shape index (κ3) is 2.94. The summed E-state index contributed by atoms with van der Waals surface area (Å²) >= 11 is 0. The predicted molar refractivity (Wildman–Crippen MR) is 75.0 cm³/mol. The van der Waals surface area contributed by atoms with Crippen molar-refractivity contribution in [2.75, 3.05) is 6.61 Å². The SMILES string of the molecule is CC(=O)C(CO)N1C(=O)CC(Cc2ccc(O)cc2O)C1=O. The molecule has 0 spiro atoms. The molecule has 1 fully saturated rings. The maximum atomic E-state index is 12.3. The average Bonchev–Trinajstić information content (AvgIpc) is 2.70. The van der Waals surface area contributed by atoms with Crippen LogP contribution in [0, 0.1) is 5.92 Å². The summed E-state index contributed by atoms with van der Waals surface area (Å²) < 4.78 is 0. The van der Waals surface area contributed by atoms with Crippen LogP contribution in [0.4, 0.5) is 0 Å². The zero-order valence-electron chi connectivity index (χ0n) is 12.0. The summed E-state index contributed by atoms with van der Waals surface area (Å²) in [5.41, 5.74) is 0.425. The van der Waals surface area contributed by atoms with E-state index in [1.807, 2.05) is 0 Å². The van der Waals surface area contributed by atoms with E-state index in [9.17, 15) is 29.7 Å². The standard InChI is InChI=1S/C15H17NO6/c1-8(18)12(7-17)16-14(21)5-10(15(16)22)4-9-2-3-11(19)6-13(9)20/h2-3,6,10,12,17,19-20H,4-5,7H2,1H3. The van der Waals surface area contributed by atoms with Gasteiger partial charge in [0.25, 0.3) is 0 Å². The van der Waals surface area contributed by atoms with Gasteiger partial charge in [0.15, 0.2) is 5.78 Å². The van der Waals surface area contributed by atoms with E-state index < -0.39 is 36.2 Å². The second kappa shape index (κ2) is 6.15. The van der Waals surface area contributed by atoms with Gasteiger partial charge in [-0.1, -0.05) is 6.07 Å². The van der Waals surface area contributed by atoms with E-state index in [4.69, 9.17) is 0 Å². The van der Waals surface area contributed by atoms with Crippen LogP contribution in [-0.2, 0) is 20.8 Å². The van der Waals surface area contributed by atoms with Gasteiger partial charge in [0.2, 0.25) is 11.8 Å². The number of hydrogen-bond acceptors (Lipinski definition) is 6. The van der Waals surface area contributed by atoms with Crippen LogP contribution >= 0.6 is 0 Å². The lowest BCUT2D eigenvalue weighted by Crippen LogP contribution is -2.46. The Morgan fingerprint density at radius 2 is 2.05 bits per heavy atom. The number of aliphatic hydroxyl groups is 1. The number of rotatable bonds is 5. The highest BCUT2D eigenvalue weighted by molar-refractivity contribution is 6.07. The zero-order valence-corrected chi connectivity index (χ0v) is 12.0. The van der Waals surface area contributed by atoms with Crippen molar-refractivity contribution in [1.82, 2.24) is 4.90 Å². The Bertz CT molecular complexity index is 626. The lowest BCUT2D eigenvalue weighted by Gasteiger charge is -2.22. The third-order valence-electron chi connectivity index (χ3n) is 3.77. The molecule has 2 amide bonds. The van der Waals surface area contributed by atoms with E-state index in [0.717, 1.165) is 11.0 Å². The van der Waals surface area contributed by atoms with Gasteiger partial charge < -0.3 is 15.3 Å². The normalized spacial score (nSPS) is 19.5. The van der Waals surface area contributed by atoms with Crippen LogP contribution in [0.2, 0.25) is 0 Å². The number of carbonyl (C=O) groups is 3. The number of aliphatic hydroxyl groups excluding tert-OH is 1. The molecule has 2 atom stereocenters. The molecule has 7 nitrogen and oxygen atoms in total. The van der Waals surface area contributed by atoms with E-state index in [1.54, 1.807) is 0 Å². The highest BCUT2D eigenvalue weighted by Gasteiger charge is 2.43. The van der Waals surface area contributed by atoms with Crippen LogP contribution in [0.1, 0.15) is 18.9 Å². The number of benzene rings is 1. The third-order valence-corrected chi connectivity index (χ3v) is 3.77. The predicted octanol–water partition coefficient (Wildman–Crippen LogP) is -0.0347. The second-order valence-corrected chi connectivity index (χ2v) is 5.33. The lowest BCUT2D eigenvalue weighted by molar-refractivity contribution is -0.147. The summed E-state index contributed by atoms with van der Waals surface area (Å²) in [7, 11) is 0. The smallest absolute Gasteiger partial charge is 0.233 e. The first-order chi connectivity index (χ1) is 10.3. The lowest BCUT2D eigenvalue weighted by atomic mass is 9.97. The first-order valence-electron chi connectivity index (χ1n) is 6.83. The molecule has 1 aromatic rings. The molecule has 0 saturated carbocycles. The summed E-state index contributed by atoms with van der Waals surface area (Å²) in [4.78, 5) is 36.5. The number of Topliss-reactive ketones (excluding diaryl/α,β-unsaturated/α-hetero) is 1. The molecule has 118 valence electrons. The maximum Gasteiger partial charge on any atom is 0.233 e. The Hall–Kier alpha value is -2.41. The summed E-state index contributed by atoms with van der Waals surface area (Å²) in [5, 5.41) is 28.2. The van der Waals surface area contributed by atoms with Gasteiger partial charge in [-0.15, -0.1) is 0 Å². The molecular formula is C15H17NO6. The Morgan fingerprint density at radius 1 is 1.36 bits per heavy atom. The fraction of sp³-hybridized carbons (Fsp3) is 0.400. The fourth-order valence-electron chi connectivity index (χ4n) is 2.59. The van der Waals surface area contributed by atoms with Gasteiger partial charge in [0.05, 0.1) is 12.5 Å². The van der Waals surface area contributed by atoms with E-state index >= 15 is 0 Å². The van der Waals surface area contributed by atoms with Crippen molar-refractivity contribution >= 4 is 17.6 Å². The minimum absolute atomic E-state index is 0.0804. The summed E-state index contributed by atoms with van der Waals surface area (Å²) in [5.74, 6) is -2.47. The van der Waals surface area contributed by atoms with Crippen molar-refractivity contribution in [1.29, 1.82) is 0 Å². The molecule has 1 aliphatic rings. The van der Waals surface area contributed by atoms with Crippen LogP contribution in [0.3, 0.4) is 0 Å². The van der Waals surface area contributed by atoms with E-state index in [-0.39, 0.29) is 24.3 Å². The molecule has 1 heterocycles. The van der Waals surface area contributed by atoms with E-state index in [1.165, 1.54) is 19.1 Å².